The highest BCUT2D eigenvalue weighted by molar-refractivity contribution is 6.11. The second-order valence-electron chi connectivity index (χ2n) is 6.64. The van der Waals surface area contributed by atoms with E-state index in [4.69, 9.17) is 15.0 Å². The van der Waals surface area contributed by atoms with Gasteiger partial charge >= 0.3 is 0 Å². The van der Waals surface area contributed by atoms with Crippen LogP contribution in [0.25, 0.3) is 10.8 Å². The molecule has 0 radical (unpaired) electrons. The van der Waals surface area contributed by atoms with Gasteiger partial charge in [-0.3, -0.25) is 9.98 Å². The number of hydrogen-bond donors (Lipinski definition) is 0. The molecule has 1 heterocycles. The van der Waals surface area contributed by atoms with Crippen LogP contribution in [0.4, 0.5) is 11.4 Å². The maximum Gasteiger partial charge on any atom is 0.0928 e. The van der Waals surface area contributed by atoms with Gasteiger partial charge < -0.3 is 0 Å². The summed E-state index contributed by atoms with van der Waals surface area (Å²) < 4.78 is 0. The number of fused-ring (bicyclic) bond motifs is 1. The molecule has 28 heavy (non-hydrogen) atoms. The van der Waals surface area contributed by atoms with Gasteiger partial charge in [0, 0.05) is 5.39 Å². The molecule has 4 aromatic rings. The van der Waals surface area contributed by atoms with Crippen LogP contribution < -0.4 is 0 Å². The van der Waals surface area contributed by atoms with E-state index in [1.165, 1.54) is 0 Å². The lowest BCUT2D eigenvalue weighted by atomic mass is 10.0. The number of para-hydroxylation sites is 2. The topological polar surface area (TPSA) is 37.6 Å². The first-order valence-corrected chi connectivity index (χ1v) is 9.32. The molecule has 0 saturated heterocycles. The number of nitrogens with zero attached hydrogens (tertiary/aromatic N) is 3. The molecule has 136 valence electrons. The first kappa shape index (κ1) is 17.8. The van der Waals surface area contributed by atoms with Gasteiger partial charge in [0.05, 0.1) is 34.2 Å². The lowest BCUT2D eigenvalue weighted by Gasteiger charge is -2.10. The van der Waals surface area contributed by atoms with Gasteiger partial charge in [-0.2, -0.15) is 0 Å². The molecule has 0 atom stereocenters. The third-order valence-corrected chi connectivity index (χ3v) is 4.56. The zero-order valence-electron chi connectivity index (χ0n) is 16.0. The van der Waals surface area contributed by atoms with Crippen LogP contribution in [0.3, 0.4) is 0 Å². The zero-order chi connectivity index (χ0) is 19.3. The molecule has 1 aromatic heterocycles. The van der Waals surface area contributed by atoms with Crippen molar-refractivity contribution in [3.63, 3.8) is 0 Å². The van der Waals surface area contributed by atoms with Crippen LogP contribution >= 0.6 is 0 Å². The normalized spacial score (nSPS) is 12.4. The van der Waals surface area contributed by atoms with Gasteiger partial charge in [0.1, 0.15) is 0 Å². The molecule has 3 aromatic carbocycles. The lowest BCUT2D eigenvalue weighted by Crippen LogP contribution is -2.06. The van der Waals surface area contributed by atoms with E-state index in [1.807, 2.05) is 86.6 Å². The molecule has 0 amide bonds. The third-order valence-electron chi connectivity index (χ3n) is 4.56. The fourth-order valence-corrected chi connectivity index (χ4v) is 3.16. The Balaban J connectivity index is 1.84. The second-order valence-corrected chi connectivity index (χ2v) is 6.64. The van der Waals surface area contributed by atoms with Crippen molar-refractivity contribution in [2.24, 2.45) is 9.98 Å². The molecule has 0 N–H and O–H groups in total. The molecule has 0 aliphatic heterocycles. The molecule has 0 fully saturated rings. The van der Waals surface area contributed by atoms with E-state index in [0.29, 0.717) is 0 Å². The number of aromatic nitrogens is 1. The van der Waals surface area contributed by atoms with Crippen LogP contribution in [0, 0.1) is 0 Å². The Kier molecular flexibility index (Phi) is 5.07. The maximum absolute atomic E-state index is 4.93. The number of hydrogen-bond acceptors (Lipinski definition) is 3. The molecule has 0 unspecified atom stereocenters. The van der Waals surface area contributed by atoms with Crippen molar-refractivity contribution in [1.82, 2.24) is 4.98 Å². The molecule has 0 saturated carbocycles. The summed E-state index contributed by atoms with van der Waals surface area (Å²) in [5, 5.41) is 2.23. The smallest absolute Gasteiger partial charge is 0.0928 e. The van der Waals surface area contributed by atoms with Crippen molar-refractivity contribution in [3.8, 4) is 0 Å². The van der Waals surface area contributed by atoms with Crippen molar-refractivity contribution in [3.05, 3.63) is 102 Å². The quantitative estimate of drug-likeness (QED) is 0.380. The van der Waals surface area contributed by atoms with Crippen LogP contribution in [-0.2, 0) is 0 Å². The van der Waals surface area contributed by atoms with E-state index in [1.54, 1.807) is 0 Å². The summed E-state index contributed by atoms with van der Waals surface area (Å²) in [6.07, 6.45) is 0. The molecule has 0 bridgehead atoms. The first-order valence-electron chi connectivity index (χ1n) is 9.32. The summed E-state index contributed by atoms with van der Waals surface area (Å²) in [5.41, 5.74) is 5.36. The Bertz CT molecular complexity index is 1160. The SMILES string of the molecule is C/C(=N\c1ccccc1)c1cc2ccccc2c(/C(C)=N/c2ccccc2)n1. The van der Waals surface area contributed by atoms with Crippen LogP contribution in [0.2, 0.25) is 0 Å². The van der Waals surface area contributed by atoms with Gasteiger partial charge in [-0.1, -0.05) is 60.7 Å². The maximum atomic E-state index is 4.93. The van der Waals surface area contributed by atoms with E-state index < -0.39 is 0 Å². The number of rotatable bonds is 4. The summed E-state index contributed by atoms with van der Waals surface area (Å²) in [7, 11) is 0. The molecular weight excluding hydrogens is 342 g/mol. The number of aliphatic imine (C=N–C) groups is 2. The minimum Gasteiger partial charge on any atom is -0.252 e. The summed E-state index contributed by atoms with van der Waals surface area (Å²) in [4.78, 5) is 14.4. The average molecular weight is 363 g/mol. The Labute approximate surface area is 165 Å². The first-order chi connectivity index (χ1) is 13.7. The summed E-state index contributed by atoms with van der Waals surface area (Å²) in [6.45, 7) is 4.01. The average Bonchev–Trinajstić information content (AvgIpc) is 2.74. The van der Waals surface area contributed by atoms with Crippen LogP contribution in [0.5, 0.6) is 0 Å². The van der Waals surface area contributed by atoms with Crippen molar-refractivity contribution in [1.29, 1.82) is 0 Å². The van der Waals surface area contributed by atoms with Crippen LogP contribution in [-0.4, -0.2) is 16.4 Å². The molecular formula is C25H21N3. The van der Waals surface area contributed by atoms with Crippen molar-refractivity contribution in [2.45, 2.75) is 13.8 Å². The Morgan fingerprint density at radius 1 is 0.643 bits per heavy atom. The van der Waals surface area contributed by atoms with E-state index >= 15 is 0 Å². The number of pyridine rings is 1. The van der Waals surface area contributed by atoms with E-state index in [9.17, 15) is 0 Å². The third kappa shape index (κ3) is 3.89. The molecule has 3 heteroatoms. The molecule has 4 rings (SSSR count). The fraction of sp³-hybridized carbons (Fsp3) is 0.0800. The van der Waals surface area contributed by atoms with Gasteiger partial charge in [-0.05, 0) is 49.6 Å². The minimum atomic E-state index is 0.861. The Morgan fingerprint density at radius 2 is 1.18 bits per heavy atom. The Hall–Kier alpha value is -3.59. The van der Waals surface area contributed by atoms with Gasteiger partial charge in [0.15, 0.2) is 0 Å². The van der Waals surface area contributed by atoms with E-state index in [-0.39, 0.29) is 0 Å². The predicted molar refractivity (Wildman–Crippen MR) is 118 cm³/mol. The minimum absolute atomic E-state index is 0.861. The molecule has 0 aliphatic carbocycles. The fourth-order valence-electron chi connectivity index (χ4n) is 3.16. The highest BCUT2D eigenvalue weighted by Gasteiger charge is 2.11. The standard InChI is InChI=1S/C25H21N3/c1-18(26-21-12-5-3-6-13-21)24-17-20-11-9-10-16-23(20)25(28-24)19(2)27-22-14-7-4-8-15-22/h3-17H,1-2H3/b26-18+,27-19+. The number of benzene rings is 3. The van der Waals surface area contributed by atoms with E-state index in [0.717, 1.165) is 45.0 Å². The largest absolute Gasteiger partial charge is 0.252 e. The predicted octanol–water partition coefficient (Wildman–Crippen LogP) is 6.52. The van der Waals surface area contributed by atoms with Gasteiger partial charge in [0.25, 0.3) is 0 Å². The highest BCUT2D eigenvalue weighted by Crippen LogP contribution is 2.22. The summed E-state index contributed by atoms with van der Waals surface area (Å²) in [5.74, 6) is 0. The van der Waals surface area contributed by atoms with Gasteiger partial charge in [-0.15, -0.1) is 0 Å². The van der Waals surface area contributed by atoms with Gasteiger partial charge in [-0.25, -0.2) is 4.98 Å². The van der Waals surface area contributed by atoms with Crippen LogP contribution in [0.15, 0.2) is 101 Å². The summed E-state index contributed by atoms with van der Waals surface area (Å²) in [6, 6.07) is 30.3. The van der Waals surface area contributed by atoms with E-state index in [2.05, 4.69) is 18.2 Å². The molecule has 0 spiro atoms. The van der Waals surface area contributed by atoms with Crippen LogP contribution in [0.1, 0.15) is 25.2 Å². The van der Waals surface area contributed by atoms with Crippen molar-refractivity contribution in [2.75, 3.05) is 0 Å². The van der Waals surface area contributed by atoms with Gasteiger partial charge in [0.2, 0.25) is 0 Å². The molecule has 3 nitrogen and oxygen atoms in total. The lowest BCUT2D eigenvalue weighted by molar-refractivity contribution is 1.26. The van der Waals surface area contributed by atoms with Crippen molar-refractivity contribution < 1.29 is 0 Å². The Morgan fingerprint density at radius 3 is 1.82 bits per heavy atom. The zero-order valence-corrected chi connectivity index (χ0v) is 16.0. The van der Waals surface area contributed by atoms with Crippen molar-refractivity contribution >= 4 is 33.6 Å². The highest BCUT2D eigenvalue weighted by atomic mass is 14.8. The summed E-state index contributed by atoms with van der Waals surface area (Å²) >= 11 is 0. The second kappa shape index (κ2) is 7.97. The molecule has 0 aliphatic rings. The monoisotopic (exact) mass is 363 g/mol.